The van der Waals surface area contributed by atoms with Crippen molar-refractivity contribution in [3.63, 3.8) is 0 Å². The lowest BCUT2D eigenvalue weighted by Crippen LogP contribution is -2.42. The summed E-state index contributed by atoms with van der Waals surface area (Å²) in [6, 6.07) is 0. The van der Waals surface area contributed by atoms with Gasteiger partial charge in [0.2, 0.25) is 0 Å². The molecule has 1 fully saturated rings. The highest BCUT2D eigenvalue weighted by Crippen LogP contribution is 2.16. The molecule has 1 N–H and O–H groups in total. The van der Waals surface area contributed by atoms with Crippen molar-refractivity contribution >= 4 is 0 Å². The number of aliphatic hydroxyl groups excluding tert-OH is 1. The molecule has 1 heterocycles. The van der Waals surface area contributed by atoms with Gasteiger partial charge in [-0.25, -0.2) is 0 Å². The molecule has 0 aromatic carbocycles. The van der Waals surface area contributed by atoms with Gasteiger partial charge in [-0.2, -0.15) is 0 Å². The summed E-state index contributed by atoms with van der Waals surface area (Å²) in [5.74, 6) is 0.446. The maximum absolute atomic E-state index is 9.65. The number of nitrogens with zero attached hydrogens (tertiary/aromatic N) is 2. The molecule has 0 unspecified atom stereocenters. The van der Waals surface area contributed by atoms with Crippen molar-refractivity contribution in [2.75, 3.05) is 39.3 Å². The zero-order chi connectivity index (χ0) is 12.0. The Hall–Kier alpha value is -0.120. The first-order valence-corrected chi connectivity index (χ1v) is 6.80. The van der Waals surface area contributed by atoms with Crippen LogP contribution in [0.2, 0.25) is 0 Å². The summed E-state index contributed by atoms with van der Waals surface area (Å²) in [6.45, 7) is 13.5. The minimum absolute atomic E-state index is 0.0703. The predicted molar refractivity (Wildman–Crippen MR) is 68.6 cm³/mol. The van der Waals surface area contributed by atoms with Crippen LogP contribution in [0.25, 0.3) is 0 Å². The molecule has 2 atom stereocenters. The van der Waals surface area contributed by atoms with Crippen molar-refractivity contribution in [1.29, 1.82) is 0 Å². The third kappa shape index (κ3) is 4.40. The van der Waals surface area contributed by atoms with E-state index in [1.54, 1.807) is 0 Å². The van der Waals surface area contributed by atoms with Crippen LogP contribution >= 0.6 is 0 Å². The molecule has 1 aliphatic heterocycles. The van der Waals surface area contributed by atoms with Gasteiger partial charge in [0.1, 0.15) is 0 Å². The van der Waals surface area contributed by atoms with Crippen LogP contribution in [0.5, 0.6) is 0 Å². The Labute approximate surface area is 100 Å². The second kappa shape index (κ2) is 7.25. The summed E-state index contributed by atoms with van der Waals surface area (Å²) < 4.78 is 0. The summed E-state index contributed by atoms with van der Waals surface area (Å²) >= 11 is 0. The van der Waals surface area contributed by atoms with Crippen LogP contribution in [0.3, 0.4) is 0 Å². The van der Waals surface area contributed by atoms with Crippen molar-refractivity contribution in [3.8, 4) is 0 Å². The Balaban J connectivity index is 2.13. The zero-order valence-corrected chi connectivity index (χ0v) is 11.2. The maximum atomic E-state index is 9.65. The molecule has 0 aromatic rings. The SMILES string of the molecule is CCN(CC)CCCN1CC[C@H](O)[C@H](C)C1. The lowest BCUT2D eigenvalue weighted by Gasteiger charge is -2.34. The fourth-order valence-electron chi connectivity index (χ4n) is 2.48. The van der Waals surface area contributed by atoms with Crippen LogP contribution in [0.4, 0.5) is 0 Å². The molecule has 0 amide bonds. The summed E-state index contributed by atoms with van der Waals surface area (Å²) in [6.07, 6.45) is 2.13. The van der Waals surface area contributed by atoms with Gasteiger partial charge in [-0.05, 0) is 44.9 Å². The van der Waals surface area contributed by atoms with Crippen molar-refractivity contribution < 1.29 is 5.11 Å². The minimum Gasteiger partial charge on any atom is -0.393 e. The van der Waals surface area contributed by atoms with Gasteiger partial charge in [-0.3, -0.25) is 0 Å². The molecule has 0 bridgehead atoms. The Bertz CT molecular complexity index is 183. The van der Waals surface area contributed by atoms with E-state index in [-0.39, 0.29) is 6.10 Å². The molecule has 16 heavy (non-hydrogen) atoms. The summed E-state index contributed by atoms with van der Waals surface area (Å²) in [5.41, 5.74) is 0. The highest BCUT2D eigenvalue weighted by atomic mass is 16.3. The molecule has 0 aromatic heterocycles. The fourth-order valence-corrected chi connectivity index (χ4v) is 2.48. The highest BCUT2D eigenvalue weighted by Gasteiger charge is 2.23. The van der Waals surface area contributed by atoms with Gasteiger partial charge in [-0.1, -0.05) is 20.8 Å². The van der Waals surface area contributed by atoms with Crippen LogP contribution < -0.4 is 0 Å². The second-order valence-corrected chi connectivity index (χ2v) is 5.01. The highest BCUT2D eigenvalue weighted by molar-refractivity contribution is 4.77. The summed E-state index contributed by atoms with van der Waals surface area (Å²) in [7, 11) is 0. The van der Waals surface area contributed by atoms with Gasteiger partial charge >= 0.3 is 0 Å². The van der Waals surface area contributed by atoms with Crippen LogP contribution in [-0.2, 0) is 0 Å². The van der Waals surface area contributed by atoms with Crippen molar-refractivity contribution in [2.45, 2.75) is 39.7 Å². The quantitative estimate of drug-likeness (QED) is 0.745. The average Bonchev–Trinajstić information content (AvgIpc) is 2.29. The van der Waals surface area contributed by atoms with Gasteiger partial charge in [-0.15, -0.1) is 0 Å². The molecule has 3 heteroatoms. The fraction of sp³-hybridized carbons (Fsp3) is 1.00. The molecule has 96 valence electrons. The van der Waals surface area contributed by atoms with Crippen LogP contribution in [0.15, 0.2) is 0 Å². The number of aliphatic hydroxyl groups is 1. The van der Waals surface area contributed by atoms with Crippen LogP contribution in [0.1, 0.15) is 33.6 Å². The lowest BCUT2D eigenvalue weighted by molar-refractivity contribution is 0.0338. The maximum Gasteiger partial charge on any atom is 0.0590 e. The standard InChI is InChI=1S/C13H28N2O/c1-4-14(5-2)8-6-9-15-10-7-13(16)12(3)11-15/h12-13,16H,4-11H2,1-3H3/t12-,13+/m1/s1. The van der Waals surface area contributed by atoms with E-state index in [0.29, 0.717) is 5.92 Å². The molecule has 0 saturated carbocycles. The van der Waals surface area contributed by atoms with E-state index in [1.165, 1.54) is 19.5 Å². The van der Waals surface area contributed by atoms with E-state index in [4.69, 9.17) is 0 Å². The van der Waals surface area contributed by atoms with E-state index < -0.39 is 0 Å². The molecule has 0 radical (unpaired) electrons. The monoisotopic (exact) mass is 228 g/mol. The average molecular weight is 228 g/mol. The van der Waals surface area contributed by atoms with Gasteiger partial charge in [0.15, 0.2) is 0 Å². The van der Waals surface area contributed by atoms with Gasteiger partial charge < -0.3 is 14.9 Å². The Morgan fingerprint density at radius 1 is 1.31 bits per heavy atom. The number of likely N-dealkylation sites (tertiary alicyclic amines) is 1. The predicted octanol–water partition coefficient (Wildman–Crippen LogP) is 1.42. The minimum atomic E-state index is -0.0703. The Kier molecular flexibility index (Phi) is 6.32. The Morgan fingerprint density at radius 2 is 2.00 bits per heavy atom. The summed E-state index contributed by atoms with van der Waals surface area (Å²) in [5, 5.41) is 9.65. The molecule has 1 aliphatic rings. The second-order valence-electron chi connectivity index (χ2n) is 5.01. The van der Waals surface area contributed by atoms with Gasteiger partial charge in [0.05, 0.1) is 6.10 Å². The first-order valence-electron chi connectivity index (χ1n) is 6.80. The van der Waals surface area contributed by atoms with E-state index in [1.807, 2.05) is 0 Å². The third-order valence-electron chi connectivity index (χ3n) is 3.79. The first-order chi connectivity index (χ1) is 7.67. The van der Waals surface area contributed by atoms with Crippen molar-refractivity contribution in [2.24, 2.45) is 5.92 Å². The normalized spacial score (nSPS) is 27.6. The molecule has 1 rings (SSSR count). The van der Waals surface area contributed by atoms with Crippen LogP contribution in [0, 0.1) is 5.92 Å². The number of rotatable bonds is 6. The molecular formula is C13H28N2O. The van der Waals surface area contributed by atoms with Crippen molar-refractivity contribution in [1.82, 2.24) is 9.80 Å². The van der Waals surface area contributed by atoms with Crippen LogP contribution in [-0.4, -0.2) is 60.3 Å². The van der Waals surface area contributed by atoms with Crippen molar-refractivity contribution in [3.05, 3.63) is 0 Å². The molecule has 1 saturated heterocycles. The van der Waals surface area contributed by atoms with E-state index in [9.17, 15) is 5.11 Å². The van der Waals surface area contributed by atoms with E-state index in [0.717, 1.165) is 32.6 Å². The third-order valence-corrected chi connectivity index (χ3v) is 3.79. The molecule has 3 nitrogen and oxygen atoms in total. The Morgan fingerprint density at radius 3 is 2.56 bits per heavy atom. The molecular weight excluding hydrogens is 200 g/mol. The van der Waals surface area contributed by atoms with E-state index in [2.05, 4.69) is 30.6 Å². The lowest BCUT2D eigenvalue weighted by atomic mass is 9.97. The topological polar surface area (TPSA) is 26.7 Å². The zero-order valence-electron chi connectivity index (χ0n) is 11.2. The smallest absolute Gasteiger partial charge is 0.0590 e. The van der Waals surface area contributed by atoms with Gasteiger partial charge in [0, 0.05) is 13.1 Å². The molecule has 0 aliphatic carbocycles. The number of piperidine rings is 1. The number of hydrogen-bond acceptors (Lipinski definition) is 3. The number of hydrogen-bond donors (Lipinski definition) is 1. The molecule has 0 spiro atoms. The van der Waals surface area contributed by atoms with E-state index >= 15 is 0 Å². The summed E-state index contributed by atoms with van der Waals surface area (Å²) in [4.78, 5) is 4.98. The first kappa shape index (κ1) is 13.9. The van der Waals surface area contributed by atoms with Gasteiger partial charge in [0.25, 0.3) is 0 Å². The largest absolute Gasteiger partial charge is 0.393 e.